The summed E-state index contributed by atoms with van der Waals surface area (Å²) in [7, 11) is 0. The molecule has 1 aliphatic carbocycles. The Hall–Kier alpha value is -1.58. The lowest BCUT2D eigenvalue weighted by Crippen LogP contribution is -2.11. The van der Waals surface area contributed by atoms with Crippen molar-refractivity contribution in [1.29, 1.82) is 0 Å². The smallest absolute Gasteiger partial charge is 0.188 e. The fourth-order valence-corrected chi connectivity index (χ4v) is 1.34. The standard InChI is InChI=1S/C11H10FNO2/c12-8-3-4-9(13-6-8)11(15)5-10(14)7-1-2-7/h3-4,6-7H,1-2,5H2. The summed E-state index contributed by atoms with van der Waals surface area (Å²) in [5, 5.41) is 0. The van der Waals surface area contributed by atoms with Crippen LogP contribution in [0.15, 0.2) is 18.3 Å². The number of carbonyl (C=O) groups is 2. The molecule has 0 spiro atoms. The molecule has 3 nitrogen and oxygen atoms in total. The average Bonchev–Trinajstić information content (AvgIpc) is 3.01. The van der Waals surface area contributed by atoms with Gasteiger partial charge < -0.3 is 0 Å². The minimum Gasteiger partial charge on any atom is -0.299 e. The summed E-state index contributed by atoms with van der Waals surface area (Å²) in [6, 6.07) is 2.47. The molecule has 78 valence electrons. The Morgan fingerprint density at radius 2 is 2.13 bits per heavy atom. The predicted octanol–water partition coefficient (Wildman–Crippen LogP) is 1.77. The van der Waals surface area contributed by atoms with Crippen molar-refractivity contribution in [3.8, 4) is 0 Å². The molecule has 1 fully saturated rings. The molecule has 0 bridgehead atoms. The molecule has 2 rings (SSSR count). The van der Waals surface area contributed by atoms with Crippen molar-refractivity contribution >= 4 is 11.6 Å². The maximum Gasteiger partial charge on any atom is 0.188 e. The molecular formula is C11H10FNO2. The Kier molecular flexibility index (Phi) is 2.58. The van der Waals surface area contributed by atoms with Gasteiger partial charge in [-0.3, -0.25) is 14.6 Å². The van der Waals surface area contributed by atoms with Crippen LogP contribution in [0.1, 0.15) is 29.8 Å². The van der Waals surface area contributed by atoms with Crippen molar-refractivity contribution in [3.05, 3.63) is 29.8 Å². The molecule has 0 aromatic carbocycles. The van der Waals surface area contributed by atoms with Crippen LogP contribution in [-0.4, -0.2) is 16.6 Å². The van der Waals surface area contributed by atoms with Crippen LogP contribution in [0.5, 0.6) is 0 Å². The third-order valence-corrected chi connectivity index (χ3v) is 2.38. The van der Waals surface area contributed by atoms with Gasteiger partial charge in [0.2, 0.25) is 0 Å². The summed E-state index contributed by atoms with van der Waals surface area (Å²) >= 11 is 0. The number of hydrogen-bond donors (Lipinski definition) is 0. The highest BCUT2D eigenvalue weighted by Crippen LogP contribution is 2.31. The number of halogens is 1. The monoisotopic (exact) mass is 207 g/mol. The molecular weight excluding hydrogens is 197 g/mol. The number of aromatic nitrogens is 1. The Bertz CT molecular complexity index is 396. The normalized spacial score (nSPS) is 15.0. The molecule has 1 aliphatic rings. The average molecular weight is 207 g/mol. The number of rotatable bonds is 4. The molecule has 1 aromatic heterocycles. The van der Waals surface area contributed by atoms with Crippen LogP contribution < -0.4 is 0 Å². The lowest BCUT2D eigenvalue weighted by atomic mass is 10.1. The van der Waals surface area contributed by atoms with Crippen LogP contribution in [0.2, 0.25) is 0 Å². The zero-order chi connectivity index (χ0) is 10.8. The summed E-state index contributed by atoms with van der Waals surface area (Å²) in [5.41, 5.74) is 0.158. The molecule has 0 N–H and O–H groups in total. The van der Waals surface area contributed by atoms with E-state index in [1.54, 1.807) is 0 Å². The number of hydrogen-bond acceptors (Lipinski definition) is 3. The maximum absolute atomic E-state index is 12.5. The number of carbonyl (C=O) groups excluding carboxylic acids is 2. The summed E-state index contributed by atoms with van der Waals surface area (Å²) in [6.07, 6.45) is 2.66. The summed E-state index contributed by atoms with van der Waals surface area (Å²) in [4.78, 5) is 26.5. The molecule has 1 heterocycles. The van der Waals surface area contributed by atoms with E-state index < -0.39 is 5.82 Å². The van der Waals surface area contributed by atoms with Gasteiger partial charge in [0.25, 0.3) is 0 Å². The van der Waals surface area contributed by atoms with Crippen LogP contribution >= 0.6 is 0 Å². The van der Waals surface area contributed by atoms with Crippen molar-refractivity contribution in [2.45, 2.75) is 19.3 Å². The van der Waals surface area contributed by atoms with E-state index in [2.05, 4.69) is 4.98 Å². The molecule has 0 aliphatic heterocycles. The van der Waals surface area contributed by atoms with Gasteiger partial charge in [0.15, 0.2) is 5.78 Å². The number of nitrogens with zero attached hydrogens (tertiary/aromatic N) is 1. The van der Waals surface area contributed by atoms with Crippen molar-refractivity contribution in [2.75, 3.05) is 0 Å². The van der Waals surface area contributed by atoms with E-state index in [9.17, 15) is 14.0 Å². The van der Waals surface area contributed by atoms with Crippen molar-refractivity contribution in [3.63, 3.8) is 0 Å². The second kappa shape index (κ2) is 3.88. The minimum absolute atomic E-state index is 0.0221. The SMILES string of the molecule is O=C(CC(=O)C1CC1)c1ccc(F)cn1. The zero-order valence-electron chi connectivity index (χ0n) is 8.07. The van der Waals surface area contributed by atoms with Gasteiger partial charge in [-0.05, 0) is 25.0 Å². The largest absolute Gasteiger partial charge is 0.299 e. The molecule has 0 atom stereocenters. The fraction of sp³-hybridized carbons (Fsp3) is 0.364. The van der Waals surface area contributed by atoms with E-state index in [0.29, 0.717) is 0 Å². The van der Waals surface area contributed by atoms with Gasteiger partial charge in [0.1, 0.15) is 17.3 Å². The van der Waals surface area contributed by atoms with Gasteiger partial charge >= 0.3 is 0 Å². The van der Waals surface area contributed by atoms with Gasteiger partial charge in [0, 0.05) is 5.92 Å². The van der Waals surface area contributed by atoms with E-state index in [-0.39, 0.29) is 29.6 Å². The third-order valence-electron chi connectivity index (χ3n) is 2.38. The van der Waals surface area contributed by atoms with Crippen LogP contribution in [0.4, 0.5) is 4.39 Å². The van der Waals surface area contributed by atoms with Crippen molar-refractivity contribution in [2.24, 2.45) is 5.92 Å². The lowest BCUT2D eigenvalue weighted by molar-refractivity contribution is -0.119. The van der Waals surface area contributed by atoms with E-state index in [4.69, 9.17) is 0 Å². The van der Waals surface area contributed by atoms with Gasteiger partial charge in [0.05, 0.1) is 12.6 Å². The molecule has 0 radical (unpaired) electrons. The first-order valence-corrected chi connectivity index (χ1v) is 4.84. The molecule has 15 heavy (non-hydrogen) atoms. The van der Waals surface area contributed by atoms with E-state index in [1.807, 2.05) is 0 Å². The van der Waals surface area contributed by atoms with Crippen molar-refractivity contribution < 1.29 is 14.0 Å². The van der Waals surface area contributed by atoms with E-state index >= 15 is 0 Å². The van der Waals surface area contributed by atoms with Gasteiger partial charge in [-0.2, -0.15) is 0 Å². The summed E-state index contributed by atoms with van der Waals surface area (Å²) in [6.45, 7) is 0. The second-order valence-electron chi connectivity index (χ2n) is 3.70. The molecule has 4 heteroatoms. The predicted molar refractivity (Wildman–Crippen MR) is 50.9 cm³/mol. The molecule has 1 aromatic rings. The summed E-state index contributed by atoms with van der Waals surface area (Å²) < 4.78 is 12.5. The van der Waals surface area contributed by atoms with Crippen LogP contribution in [0.25, 0.3) is 0 Å². The number of pyridine rings is 1. The molecule has 1 saturated carbocycles. The zero-order valence-corrected chi connectivity index (χ0v) is 8.07. The highest BCUT2D eigenvalue weighted by atomic mass is 19.1. The van der Waals surface area contributed by atoms with Crippen LogP contribution in [0.3, 0.4) is 0 Å². The van der Waals surface area contributed by atoms with Gasteiger partial charge in [-0.25, -0.2) is 4.39 Å². The highest BCUT2D eigenvalue weighted by Gasteiger charge is 2.30. The fourth-order valence-electron chi connectivity index (χ4n) is 1.34. The number of ketones is 2. The topological polar surface area (TPSA) is 47.0 Å². The molecule has 0 saturated heterocycles. The number of Topliss-reactive ketones (excluding diaryl/α,β-unsaturated/α-hetero) is 2. The maximum atomic E-state index is 12.5. The lowest BCUT2D eigenvalue weighted by Gasteiger charge is -1.98. The van der Waals surface area contributed by atoms with E-state index in [0.717, 1.165) is 19.0 Å². The summed E-state index contributed by atoms with van der Waals surface area (Å²) in [5.74, 6) is -0.757. The van der Waals surface area contributed by atoms with Gasteiger partial charge in [-0.15, -0.1) is 0 Å². The Balaban J connectivity index is 2.00. The minimum atomic E-state index is -0.486. The third kappa shape index (κ3) is 2.46. The van der Waals surface area contributed by atoms with Gasteiger partial charge in [-0.1, -0.05) is 0 Å². The first kappa shape index (κ1) is 9.96. The molecule has 0 amide bonds. The molecule has 0 unspecified atom stereocenters. The van der Waals surface area contributed by atoms with Crippen LogP contribution in [-0.2, 0) is 4.79 Å². The Labute approximate surface area is 86.3 Å². The van der Waals surface area contributed by atoms with E-state index in [1.165, 1.54) is 12.1 Å². The van der Waals surface area contributed by atoms with Crippen molar-refractivity contribution in [1.82, 2.24) is 4.98 Å². The Morgan fingerprint density at radius 3 is 2.67 bits per heavy atom. The highest BCUT2D eigenvalue weighted by molar-refractivity contribution is 6.08. The quantitative estimate of drug-likeness (QED) is 0.558. The second-order valence-corrected chi connectivity index (χ2v) is 3.70. The first-order chi connectivity index (χ1) is 7.16. The first-order valence-electron chi connectivity index (χ1n) is 4.84. The van der Waals surface area contributed by atoms with Crippen LogP contribution in [0, 0.1) is 11.7 Å². The Morgan fingerprint density at radius 1 is 1.40 bits per heavy atom.